The molecule has 0 spiro atoms. The molecule has 4 rings (SSSR count). The molecule has 1 unspecified atom stereocenters. The fraction of sp³-hybridized carbons (Fsp3) is 0.292. The van der Waals surface area contributed by atoms with Gasteiger partial charge in [0.15, 0.2) is 23.0 Å². The first kappa shape index (κ1) is 21.4. The van der Waals surface area contributed by atoms with Gasteiger partial charge in [0.05, 0.1) is 29.3 Å². The Morgan fingerprint density at radius 3 is 2.66 bits per heavy atom. The number of carbonyl (C=O) groups is 2. The third-order valence-electron chi connectivity index (χ3n) is 5.45. The fourth-order valence-electron chi connectivity index (χ4n) is 3.90. The van der Waals surface area contributed by atoms with Crippen LogP contribution in [0.1, 0.15) is 37.9 Å². The highest BCUT2D eigenvalue weighted by atomic mass is 16.5. The number of hydrogen-bond donors (Lipinski definition) is 3. The van der Waals surface area contributed by atoms with Crippen LogP contribution >= 0.6 is 0 Å². The monoisotopic (exact) mass is 435 g/mol. The van der Waals surface area contributed by atoms with Crippen LogP contribution in [0.2, 0.25) is 0 Å². The van der Waals surface area contributed by atoms with Crippen LogP contribution in [0.3, 0.4) is 0 Å². The number of aromatic amines is 1. The second kappa shape index (κ2) is 8.03. The molecule has 166 valence electrons. The van der Waals surface area contributed by atoms with Gasteiger partial charge in [-0.2, -0.15) is 0 Å². The van der Waals surface area contributed by atoms with Gasteiger partial charge >= 0.3 is 0 Å². The Morgan fingerprint density at radius 2 is 1.97 bits per heavy atom. The maximum Gasteiger partial charge on any atom is 0.296 e. The van der Waals surface area contributed by atoms with Crippen LogP contribution in [0.5, 0.6) is 11.5 Å². The van der Waals surface area contributed by atoms with E-state index in [1.54, 1.807) is 32.9 Å². The first-order chi connectivity index (χ1) is 15.2. The average Bonchev–Trinajstić information content (AvgIpc) is 3.27. The van der Waals surface area contributed by atoms with E-state index in [1.165, 1.54) is 11.0 Å². The summed E-state index contributed by atoms with van der Waals surface area (Å²) < 4.78 is 5.50. The van der Waals surface area contributed by atoms with Crippen LogP contribution in [0.15, 0.2) is 47.7 Å². The number of aliphatic hydroxyl groups excluding tert-OH is 1. The molecule has 0 aliphatic carbocycles. The molecule has 3 aromatic rings. The Bertz CT molecular complexity index is 1260. The van der Waals surface area contributed by atoms with Crippen LogP contribution in [0.4, 0.5) is 5.95 Å². The van der Waals surface area contributed by atoms with Gasteiger partial charge in [0.25, 0.3) is 5.91 Å². The van der Waals surface area contributed by atoms with Crippen molar-refractivity contribution >= 4 is 28.7 Å². The highest BCUT2D eigenvalue weighted by Crippen LogP contribution is 2.43. The topological polar surface area (TPSA) is 116 Å². The maximum absolute atomic E-state index is 13.2. The summed E-state index contributed by atoms with van der Waals surface area (Å²) in [7, 11) is 0. The zero-order chi connectivity index (χ0) is 23.2. The summed E-state index contributed by atoms with van der Waals surface area (Å²) in [6, 6.07) is 9.33. The number of aliphatic hydroxyl groups is 1. The van der Waals surface area contributed by atoms with Crippen molar-refractivity contribution in [2.24, 2.45) is 5.92 Å². The lowest BCUT2D eigenvalue weighted by Crippen LogP contribution is -2.32. The highest BCUT2D eigenvalue weighted by Gasteiger charge is 2.46. The van der Waals surface area contributed by atoms with Gasteiger partial charge in [0.1, 0.15) is 0 Å². The maximum atomic E-state index is 13.2. The number of nitrogens with zero attached hydrogens (tertiary/aromatic N) is 2. The van der Waals surface area contributed by atoms with Crippen molar-refractivity contribution in [1.29, 1.82) is 0 Å². The summed E-state index contributed by atoms with van der Waals surface area (Å²) >= 11 is 0. The first-order valence-corrected chi connectivity index (χ1v) is 10.5. The molecule has 1 aromatic heterocycles. The Balaban J connectivity index is 1.91. The number of anilines is 1. The standard InChI is InChI=1S/C24H25N3O5/c1-5-32-18-11-14(7-9-17(18)28)20-19(21(29)12(2)3)22(30)23(31)27(20)24-25-15-8-6-13(4)10-16(15)26-24/h6-12,20,28,30H,5H2,1-4H3,(H,25,26). The number of phenolic OH excluding ortho intramolecular Hbond substituents is 1. The summed E-state index contributed by atoms with van der Waals surface area (Å²) in [5.41, 5.74) is 2.91. The number of nitrogens with one attached hydrogen (secondary N) is 1. The smallest absolute Gasteiger partial charge is 0.296 e. The number of ketones is 1. The molecule has 1 atom stereocenters. The largest absolute Gasteiger partial charge is 0.504 e. The molecule has 1 amide bonds. The predicted octanol–water partition coefficient (Wildman–Crippen LogP) is 4.10. The number of imidazole rings is 1. The van der Waals surface area contributed by atoms with E-state index in [9.17, 15) is 19.8 Å². The number of carbonyl (C=O) groups excluding carboxylic acids is 2. The molecule has 2 heterocycles. The molecular formula is C24H25N3O5. The number of benzene rings is 2. The van der Waals surface area contributed by atoms with E-state index in [0.29, 0.717) is 17.7 Å². The van der Waals surface area contributed by atoms with E-state index >= 15 is 0 Å². The van der Waals surface area contributed by atoms with E-state index in [-0.39, 0.29) is 28.8 Å². The number of aryl methyl sites for hydroxylation is 1. The van der Waals surface area contributed by atoms with Gasteiger partial charge in [-0.15, -0.1) is 0 Å². The third kappa shape index (κ3) is 3.47. The summed E-state index contributed by atoms with van der Waals surface area (Å²) in [5, 5.41) is 20.9. The zero-order valence-electron chi connectivity index (χ0n) is 18.3. The number of ether oxygens (including phenoxy) is 1. The third-order valence-corrected chi connectivity index (χ3v) is 5.45. The first-order valence-electron chi connectivity index (χ1n) is 10.5. The van der Waals surface area contributed by atoms with Crippen molar-refractivity contribution in [1.82, 2.24) is 9.97 Å². The van der Waals surface area contributed by atoms with Gasteiger partial charge in [0, 0.05) is 5.92 Å². The molecule has 0 saturated carbocycles. The number of phenols is 1. The second-order valence-electron chi connectivity index (χ2n) is 8.10. The van der Waals surface area contributed by atoms with Crippen molar-refractivity contribution in [3.05, 3.63) is 58.9 Å². The fourth-order valence-corrected chi connectivity index (χ4v) is 3.90. The molecule has 0 saturated heterocycles. The molecule has 32 heavy (non-hydrogen) atoms. The van der Waals surface area contributed by atoms with Crippen molar-refractivity contribution in [3.63, 3.8) is 0 Å². The minimum Gasteiger partial charge on any atom is -0.504 e. The molecule has 0 fully saturated rings. The van der Waals surface area contributed by atoms with Crippen LogP contribution in [-0.2, 0) is 9.59 Å². The zero-order valence-corrected chi connectivity index (χ0v) is 18.3. The molecule has 2 aromatic carbocycles. The van der Waals surface area contributed by atoms with Crippen LogP contribution in [0, 0.1) is 12.8 Å². The molecule has 1 aliphatic heterocycles. The van der Waals surface area contributed by atoms with E-state index in [1.807, 2.05) is 25.1 Å². The van der Waals surface area contributed by atoms with Gasteiger partial charge in [-0.05, 0) is 49.2 Å². The van der Waals surface area contributed by atoms with E-state index < -0.39 is 23.6 Å². The molecular weight excluding hydrogens is 410 g/mol. The summed E-state index contributed by atoms with van der Waals surface area (Å²) in [5.74, 6) is -1.73. The van der Waals surface area contributed by atoms with Gasteiger partial charge in [-0.3, -0.25) is 14.5 Å². The van der Waals surface area contributed by atoms with E-state index in [0.717, 1.165) is 11.1 Å². The van der Waals surface area contributed by atoms with E-state index in [2.05, 4.69) is 9.97 Å². The van der Waals surface area contributed by atoms with Crippen LogP contribution in [0.25, 0.3) is 11.0 Å². The SMILES string of the molecule is CCOc1cc(C2C(C(=O)C(C)C)=C(O)C(=O)N2c2nc3ccc(C)cc3[nH]2)ccc1O. The number of amides is 1. The van der Waals surface area contributed by atoms with Crippen molar-refractivity contribution in [2.75, 3.05) is 11.5 Å². The Hall–Kier alpha value is -3.81. The van der Waals surface area contributed by atoms with Crippen molar-refractivity contribution < 1.29 is 24.5 Å². The van der Waals surface area contributed by atoms with Crippen molar-refractivity contribution in [2.45, 2.75) is 33.7 Å². The number of hydrogen-bond acceptors (Lipinski definition) is 6. The lowest BCUT2D eigenvalue weighted by atomic mass is 9.91. The number of aromatic hydroxyl groups is 1. The normalized spacial score (nSPS) is 16.5. The lowest BCUT2D eigenvalue weighted by molar-refractivity contribution is -0.119. The number of H-pyrrole nitrogens is 1. The van der Waals surface area contributed by atoms with Gasteiger partial charge in [-0.25, -0.2) is 4.98 Å². The molecule has 0 bridgehead atoms. The lowest BCUT2D eigenvalue weighted by Gasteiger charge is -2.25. The number of Topliss-reactive ketones (excluding diaryl/α,β-unsaturated/α-hetero) is 1. The van der Waals surface area contributed by atoms with Gasteiger partial charge < -0.3 is 19.9 Å². The van der Waals surface area contributed by atoms with Crippen LogP contribution < -0.4 is 9.64 Å². The minimum atomic E-state index is -0.932. The number of rotatable bonds is 6. The van der Waals surface area contributed by atoms with E-state index in [4.69, 9.17) is 4.74 Å². The molecule has 1 aliphatic rings. The molecule has 0 radical (unpaired) electrons. The van der Waals surface area contributed by atoms with Gasteiger partial charge in [-0.1, -0.05) is 26.0 Å². The quantitative estimate of drug-likeness (QED) is 0.537. The van der Waals surface area contributed by atoms with Gasteiger partial charge in [0.2, 0.25) is 5.95 Å². The second-order valence-corrected chi connectivity index (χ2v) is 8.10. The Labute approximate surface area is 185 Å². The average molecular weight is 435 g/mol. The summed E-state index contributed by atoms with van der Waals surface area (Å²) in [4.78, 5) is 35.2. The van der Waals surface area contributed by atoms with Crippen LogP contribution in [-0.4, -0.2) is 38.5 Å². The van der Waals surface area contributed by atoms with Crippen molar-refractivity contribution in [3.8, 4) is 11.5 Å². The number of fused-ring (bicyclic) bond motifs is 1. The molecule has 8 nitrogen and oxygen atoms in total. The minimum absolute atomic E-state index is 0.00484. The summed E-state index contributed by atoms with van der Waals surface area (Å²) in [6.07, 6.45) is 0. The number of aromatic nitrogens is 2. The Morgan fingerprint density at radius 1 is 1.22 bits per heavy atom. The summed E-state index contributed by atoms with van der Waals surface area (Å²) in [6.45, 7) is 7.47. The Kier molecular flexibility index (Phi) is 5.38. The predicted molar refractivity (Wildman–Crippen MR) is 120 cm³/mol. The highest BCUT2D eigenvalue weighted by molar-refractivity contribution is 6.16. The molecule has 8 heteroatoms. The molecule has 3 N–H and O–H groups in total.